The molecule has 3 rings (SSSR count). The Hall–Kier alpha value is -1.90. The summed E-state index contributed by atoms with van der Waals surface area (Å²) in [5.41, 5.74) is 2.73. The number of hydrogen-bond acceptors (Lipinski definition) is 2. The first kappa shape index (κ1) is 16.9. The van der Waals surface area contributed by atoms with Crippen molar-refractivity contribution in [2.45, 2.75) is 12.8 Å². The molecule has 1 aliphatic heterocycles. The van der Waals surface area contributed by atoms with Gasteiger partial charge in [0.25, 0.3) is 0 Å². The molecule has 1 heterocycles. The van der Waals surface area contributed by atoms with Crippen LogP contribution in [0.3, 0.4) is 0 Å². The molecule has 1 atom stereocenters. The van der Waals surface area contributed by atoms with Gasteiger partial charge < -0.3 is 4.90 Å². The molecule has 2 aromatic carbocycles. The lowest BCUT2D eigenvalue weighted by molar-refractivity contribution is 0.138. The molecular weight excluding hydrogens is 292 g/mol. The zero-order valence-electron chi connectivity index (χ0n) is 14.6. The van der Waals surface area contributed by atoms with Crippen LogP contribution in [0.4, 0.5) is 0 Å². The Labute approximate surface area is 146 Å². The molecule has 0 saturated carbocycles. The van der Waals surface area contributed by atoms with Crippen molar-refractivity contribution in [3.8, 4) is 0 Å². The van der Waals surface area contributed by atoms with Crippen LogP contribution in [-0.2, 0) is 0 Å². The van der Waals surface area contributed by atoms with Gasteiger partial charge in [-0.2, -0.15) is 0 Å². The zero-order chi connectivity index (χ0) is 16.6. The first-order valence-electron chi connectivity index (χ1n) is 9.02. The standard InChI is InChI=1S/C22H28N2/c1-20(22-12-6-3-7-13-22)19-24-17-15-23(16-18-24)14-8-11-21-9-4-2-5-10-21/h2-13,20H,14-19H2,1H3. The van der Waals surface area contributed by atoms with Crippen LogP contribution in [0.2, 0.25) is 0 Å². The summed E-state index contributed by atoms with van der Waals surface area (Å²) in [6.07, 6.45) is 4.52. The van der Waals surface area contributed by atoms with Crippen molar-refractivity contribution in [3.05, 3.63) is 77.9 Å². The summed E-state index contributed by atoms with van der Waals surface area (Å²) >= 11 is 0. The highest BCUT2D eigenvalue weighted by molar-refractivity contribution is 5.48. The van der Waals surface area contributed by atoms with Crippen LogP contribution < -0.4 is 0 Å². The average molecular weight is 320 g/mol. The second kappa shape index (κ2) is 8.81. The fourth-order valence-corrected chi connectivity index (χ4v) is 3.33. The van der Waals surface area contributed by atoms with Gasteiger partial charge in [-0.1, -0.05) is 79.7 Å². The Morgan fingerprint density at radius 2 is 1.42 bits per heavy atom. The zero-order valence-corrected chi connectivity index (χ0v) is 14.6. The predicted octanol–water partition coefficient (Wildman–Crippen LogP) is 4.12. The second-order valence-corrected chi connectivity index (χ2v) is 6.73. The van der Waals surface area contributed by atoms with Gasteiger partial charge in [0, 0.05) is 39.3 Å². The highest BCUT2D eigenvalue weighted by Gasteiger charge is 2.18. The number of piperazine rings is 1. The molecule has 126 valence electrons. The summed E-state index contributed by atoms with van der Waals surface area (Å²) in [6.45, 7) is 9.24. The van der Waals surface area contributed by atoms with Crippen molar-refractivity contribution in [1.29, 1.82) is 0 Å². The van der Waals surface area contributed by atoms with Crippen molar-refractivity contribution < 1.29 is 0 Å². The minimum absolute atomic E-state index is 0.607. The molecule has 0 amide bonds. The highest BCUT2D eigenvalue weighted by Crippen LogP contribution is 2.17. The van der Waals surface area contributed by atoms with Gasteiger partial charge >= 0.3 is 0 Å². The van der Waals surface area contributed by atoms with Crippen LogP contribution in [0.25, 0.3) is 6.08 Å². The van der Waals surface area contributed by atoms with E-state index < -0.39 is 0 Å². The lowest BCUT2D eigenvalue weighted by Crippen LogP contribution is -2.47. The van der Waals surface area contributed by atoms with E-state index in [2.05, 4.69) is 89.5 Å². The molecule has 1 unspecified atom stereocenters. The molecule has 0 N–H and O–H groups in total. The maximum Gasteiger partial charge on any atom is 0.0167 e. The summed E-state index contributed by atoms with van der Waals surface area (Å²) in [6, 6.07) is 21.4. The molecule has 0 bridgehead atoms. The van der Waals surface area contributed by atoms with Crippen molar-refractivity contribution in [1.82, 2.24) is 9.80 Å². The number of rotatable bonds is 6. The van der Waals surface area contributed by atoms with E-state index in [1.165, 1.54) is 37.3 Å². The average Bonchev–Trinajstić information content (AvgIpc) is 2.65. The highest BCUT2D eigenvalue weighted by atomic mass is 15.3. The molecule has 2 heteroatoms. The van der Waals surface area contributed by atoms with E-state index in [1.807, 2.05) is 0 Å². The Morgan fingerprint density at radius 1 is 0.833 bits per heavy atom. The van der Waals surface area contributed by atoms with Gasteiger partial charge in [-0.25, -0.2) is 0 Å². The Kier molecular flexibility index (Phi) is 6.22. The fourth-order valence-electron chi connectivity index (χ4n) is 3.33. The largest absolute Gasteiger partial charge is 0.300 e. The Morgan fingerprint density at radius 3 is 2.08 bits per heavy atom. The van der Waals surface area contributed by atoms with Gasteiger partial charge in [0.1, 0.15) is 0 Å². The lowest BCUT2D eigenvalue weighted by atomic mass is 10.0. The van der Waals surface area contributed by atoms with Crippen LogP contribution in [0.1, 0.15) is 24.0 Å². The minimum atomic E-state index is 0.607. The van der Waals surface area contributed by atoms with Crippen LogP contribution in [0.5, 0.6) is 0 Å². The van der Waals surface area contributed by atoms with Gasteiger partial charge in [-0.3, -0.25) is 4.90 Å². The molecule has 0 aliphatic carbocycles. The second-order valence-electron chi connectivity index (χ2n) is 6.73. The molecule has 2 nitrogen and oxygen atoms in total. The van der Waals surface area contributed by atoms with E-state index in [4.69, 9.17) is 0 Å². The van der Waals surface area contributed by atoms with E-state index in [0.29, 0.717) is 5.92 Å². The molecule has 0 spiro atoms. The third-order valence-electron chi connectivity index (χ3n) is 4.84. The van der Waals surface area contributed by atoms with Gasteiger partial charge in [0.05, 0.1) is 0 Å². The number of hydrogen-bond donors (Lipinski definition) is 0. The first-order chi connectivity index (χ1) is 11.8. The SMILES string of the molecule is CC(CN1CCN(CC=Cc2ccccc2)CC1)c1ccccc1. The predicted molar refractivity (Wildman–Crippen MR) is 103 cm³/mol. The van der Waals surface area contributed by atoms with E-state index >= 15 is 0 Å². The maximum atomic E-state index is 2.61. The molecule has 0 aromatic heterocycles. The van der Waals surface area contributed by atoms with Gasteiger partial charge in [0.15, 0.2) is 0 Å². The fraction of sp³-hybridized carbons (Fsp3) is 0.364. The monoisotopic (exact) mass is 320 g/mol. The third kappa shape index (κ3) is 5.05. The van der Waals surface area contributed by atoms with Crippen molar-refractivity contribution in [2.24, 2.45) is 0 Å². The molecule has 0 radical (unpaired) electrons. The van der Waals surface area contributed by atoms with Crippen molar-refractivity contribution in [3.63, 3.8) is 0 Å². The van der Waals surface area contributed by atoms with E-state index in [-0.39, 0.29) is 0 Å². The van der Waals surface area contributed by atoms with Crippen LogP contribution in [0, 0.1) is 0 Å². The molecule has 1 aliphatic rings. The van der Waals surface area contributed by atoms with Crippen LogP contribution in [-0.4, -0.2) is 49.1 Å². The number of nitrogens with zero attached hydrogens (tertiary/aromatic N) is 2. The summed E-state index contributed by atoms with van der Waals surface area (Å²) < 4.78 is 0. The maximum absolute atomic E-state index is 2.61. The van der Waals surface area contributed by atoms with Crippen LogP contribution in [0.15, 0.2) is 66.7 Å². The lowest BCUT2D eigenvalue weighted by Gasteiger charge is -2.35. The Bertz CT molecular complexity index is 613. The summed E-state index contributed by atoms with van der Waals surface area (Å²) in [5.74, 6) is 0.607. The molecule has 1 saturated heterocycles. The van der Waals surface area contributed by atoms with Gasteiger partial charge in [0.2, 0.25) is 0 Å². The van der Waals surface area contributed by atoms with E-state index in [0.717, 1.165) is 13.1 Å². The smallest absolute Gasteiger partial charge is 0.0167 e. The van der Waals surface area contributed by atoms with Gasteiger partial charge in [-0.05, 0) is 17.0 Å². The van der Waals surface area contributed by atoms with Crippen molar-refractivity contribution in [2.75, 3.05) is 39.3 Å². The molecule has 24 heavy (non-hydrogen) atoms. The van der Waals surface area contributed by atoms with Crippen molar-refractivity contribution >= 4 is 6.08 Å². The third-order valence-corrected chi connectivity index (χ3v) is 4.84. The Balaban J connectivity index is 1.40. The molecule has 2 aromatic rings. The normalized spacial score (nSPS) is 18.0. The van der Waals surface area contributed by atoms with E-state index in [1.54, 1.807) is 0 Å². The molecular formula is C22H28N2. The quantitative estimate of drug-likeness (QED) is 0.790. The summed E-state index contributed by atoms with van der Waals surface area (Å²) in [5, 5.41) is 0. The topological polar surface area (TPSA) is 6.48 Å². The summed E-state index contributed by atoms with van der Waals surface area (Å²) in [7, 11) is 0. The minimum Gasteiger partial charge on any atom is -0.300 e. The molecule has 1 fully saturated rings. The van der Waals surface area contributed by atoms with Crippen LogP contribution >= 0.6 is 0 Å². The number of benzene rings is 2. The van der Waals surface area contributed by atoms with E-state index in [9.17, 15) is 0 Å². The first-order valence-corrected chi connectivity index (χ1v) is 9.02. The van der Waals surface area contributed by atoms with Gasteiger partial charge in [-0.15, -0.1) is 0 Å². The summed E-state index contributed by atoms with van der Waals surface area (Å²) in [4.78, 5) is 5.15.